The molecule has 1 heterocycles. The molecule has 2 fully saturated rings. The summed E-state index contributed by atoms with van der Waals surface area (Å²) in [6.07, 6.45) is 6.64. The maximum absolute atomic E-state index is 12.2. The van der Waals surface area contributed by atoms with Gasteiger partial charge in [-0.1, -0.05) is 12.5 Å². The largest absolute Gasteiger partial charge is 0.497 e. The van der Waals surface area contributed by atoms with Gasteiger partial charge in [0.05, 0.1) is 7.11 Å². The summed E-state index contributed by atoms with van der Waals surface area (Å²) in [6, 6.07) is 7.72. The molecule has 3 rings (SSSR count). The molecule has 1 saturated heterocycles. The smallest absolute Gasteiger partial charge is 0.411 e. The highest BCUT2D eigenvalue weighted by Gasteiger charge is 2.34. The first-order valence-corrected chi connectivity index (χ1v) is 8.62. The fraction of sp³-hybridized carbons (Fsp3) is 0.611. The lowest BCUT2D eigenvalue weighted by atomic mass is 9.91. The fourth-order valence-electron chi connectivity index (χ4n) is 3.69. The second-order valence-corrected chi connectivity index (χ2v) is 6.40. The summed E-state index contributed by atoms with van der Waals surface area (Å²) >= 11 is 0. The molecule has 0 aromatic heterocycles. The minimum absolute atomic E-state index is 0.00691. The SMILES string of the molecule is COc1cccc(NC(=O)OC2CCCCC2N2CCCC2)c1. The van der Waals surface area contributed by atoms with E-state index in [0.717, 1.165) is 38.1 Å². The minimum Gasteiger partial charge on any atom is -0.497 e. The number of nitrogens with zero attached hydrogens (tertiary/aromatic N) is 1. The molecule has 126 valence electrons. The Morgan fingerprint density at radius 3 is 2.74 bits per heavy atom. The monoisotopic (exact) mass is 318 g/mol. The zero-order chi connectivity index (χ0) is 16.1. The topological polar surface area (TPSA) is 50.8 Å². The molecular formula is C18H26N2O3. The molecule has 5 heteroatoms. The Kier molecular flexibility index (Phi) is 5.39. The molecule has 5 nitrogen and oxygen atoms in total. The van der Waals surface area contributed by atoms with Crippen molar-refractivity contribution in [2.75, 3.05) is 25.5 Å². The molecule has 1 aliphatic heterocycles. The molecule has 0 bridgehead atoms. The third-order valence-corrected chi connectivity index (χ3v) is 4.85. The number of hydrogen-bond donors (Lipinski definition) is 1. The molecule has 2 unspecified atom stereocenters. The van der Waals surface area contributed by atoms with Gasteiger partial charge in [0.1, 0.15) is 11.9 Å². The van der Waals surface area contributed by atoms with E-state index in [-0.39, 0.29) is 12.2 Å². The van der Waals surface area contributed by atoms with Crippen LogP contribution in [0.3, 0.4) is 0 Å². The average molecular weight is 318 g/mol. The van der Waals surface area contributed by atoms with Gasteiger partial charge < -0.3 is 9.47 Å². The summed E-state index contributed by atoms with van der Waals surface area (Å²) in [6.45, 7) is 2.28. The average Bonchev–Trinajstić information content (AvgIpc) is 3.10. The van der Waals surface area contributed by atoms with Crippen molar-refractivity contribution in [3.05, 3.63) is 24.3 Å². The predicted octanol–water partition coefficient (Wildman–Crippen LogP) is 3.65. The van der Waals surface area contributed by atoms with Crippen LogP contribution in [-0.2, 0) is 4.74 Å². The van der Waals surface area contributed by atoms with Gasteiger partial charge in [0, 0.05) is 17.8 Å². The summed E-state index contributed by atoms with van der Waals surface area (Å²) in [5.41, 5.74) is 0.697. The molecule has 0 radical (unpaired) electrons. The van der Waals surface area contributed by atoms with Crippen molar-refractivity contribution in [2.45, 2.75) is 50.7 Å². The molecule has 0 spiro atoms. The van der Waals surface area contributed by atoms with Crippen molar-refractivity contribution in [2.24, 2.45) is 0 Å². The van der Waals surface area contributed by atoms with Crippen LogP contribution in [0.4, 0.5) is 10.5 Å². The van der Waals surface area contributed by atoms with Crippen molar-refractivity contribution < 1.29 is 14.3 Å². The van der Waals surface area contributed by atoms with E-state index in [4.69, 9.17) is 9.47 Å². The number of nitrogens with one attached hydrogen (secondary N) is 1. The summed E-state index contributed by atoms with van der Waals surface area (Å²) in [5, 5.41) is 2.82. The molecule has 1 N–H and O–H groups in total. The Bertz CT molecular complexity index is 529. The van der Waals surface area contributed by atoms with Crippen LogP contribution in [0, 0.1) is 0 Å². The van der Waals surface area contributed by atoms with E-state index in [0.29, 0.717) is 11.7 Å². The van der Waals surface area contributed by atoms with Crippen LogP contribution < -0.4 is 10.1 Å². The van der Waals surface area contributed by atoms with Crippen molar-refractivity contribution >= 4 is 11.8 Å². The first-order valence-electron chi connectivity index (χ1n) is 8.62. The van der Waals surface area contributed by atoms with E-state index in [9.17, 15) is 4.79 Å². The summed E-state index contributed by atoms with van der Waals surface area (Å²) in [5.74, 6) is 0.718. The van der Waals surface area contributed by atoms with E-state index in [2.05, 4.69) is 10.2 Å². The predicted molar refractivity (Wildman–Crippen MR) is 89.9 cm³/mol. The van der Waals surface area contributed by atoms with Gasteiger partial charge in [0.25, 0.3) is 0 Å². The van der Waals surface area contributed by atoms with E-state index in [1.165, 1.54) is 19.3 Å². The molecule has 1 aromatic carbocycles. The highest BCUT2D eigenvalue weighted by atomic mass is 16.6. The van der Waals surface area contributed by atoms with E-state index in [1.54, 1.807) is 13.2 Å². The van der Waals surface area contributed by atoms with Crippen LogP contribution in [0.5, 0.6) is 5.75 Å². The van der Waals surface area contributed by atoms with Gasteiger partial charge in [-0.2, -0.15) is 0 Å². The zero-order valence-electron chi connectivity index (χ0n) is 13.8. The molecule has 23 heavy (non-hydrogen) atoms. The molecule has 1 saturated carbocycles. The third-order valence-electron chi connectivity index (χ3n) is 4.85. The fourth-order valence-corrected chi connectivity index (χ4v) is 3.69. The Labute approximate surface area is 137 Å². The molecule has 1 amide bonds. The quantitative estimate of drug-likeness (QED) is 0.920. The van der Waals surface area contributed by atoms with E-state index in [1.807, 2.05) is 18.2 Å². The van der Waals surface area contributed by atoms with Gasteiger partial charge in [-0.15, -0.1) is 0 Å². The number of carbonyl (C=O) groups excluding carboxylic acids is 1. The molecular weight excluding hydrogens is 292 g/mol. The van der Waals surface area contributed by atoms with Gasteiger partial charge in [0.2, 0.25) is 0 Å². The van der Waals surface area contributed by atoms with Crippen LogP contribution in [0.1, 0.15) is 38.5 Å². The summed E-state index contributed by atoms with van der Waals surface area (Å²) in [4.78, 5) is 14.8. The number of hydrogen-bond acceptors (Lipinski definition) is 4. The van der Waals surface area contributed by atoms with Crippen LogP contribution in [0.15, 0.2) is 24.3 Å². The Morgan fingerprint density at radius 1 is 1.17 bits per heavy atom. The van der Waals surface area contributed by atoms with Gasteiger partial charge in [-0.05, 0) is 57.3 Å². The Balaban J connectivity index is 1.58. The van der Waals surface area contributed by atoms with Gasteiger partial charge in [0.15, 0.2) is 0 Å². The molecule has 2 aliphatic rings. The number of carbonyl (C=O) groups is 1. The van der Waals surface area contributed by atoms with Gasteiger partial charge in [-0.25, -0.2) is 4.79 Å². The van der Waals surface area contributed by atoms with Crippen LogP contribution >= 0.6 is 0 Å². The van der Waals surface area contributed by atoms with Crippen LogP contribution in [0.2, 0.25) is 0 Å². The van der Waals surface area contributed by atoms with Crippen molar-refractivity contribution in [1.82, 2.24) is 4.90 Å². The Morgan fingerprint density at radius 2 is 1.96 bits per heavy atom. The number of methoxy groups -OCH3 is 1. The first kappa shape index (κ1) is 16.1. The van der Waals surface area contributed by atoms with Gasteiger partial charge >= 0.3 is 6.09 Å². The molecule has 1 aromatic rings. The second-order valence-electron chi connectivity index (χ2n) is 6.40. The van der Waals surface area contributed by atoms with E-state index >= 15 is 0 Å². The highest BCUT2D eigenvalue weighted by Crippen LogP contribution is 2.28. The minimum atomic E-state index is -0.366. The third kappa shape index (κ3) is 4.16. The normalized spacial score (nSPS) is 25.1. The molecule has 1 aliphatic carbocycles. The lowest BCUT2D eigenvalue weighted by Crippen LogP contribution is -2.46. The number of amides is 1. The number of anilines is 1. The van der Waals surface area contributed by atoms with Crippen LogP contribution in [-0.4, -0.2) is 43.3 Å². The Hall–Kier alpha value is -1.75. The van der Waals surface area contributed by atoms with Crippen molar-refractivity contribution in [3.63, 3.8) is 0 Å². The first-order chi connectivity index (χ1) is 11.3. The lowest BCUT2D eigenvalue weighted by Gasteiger charge is -2.37. The highest BCUT2D eigenvalue weighted by molar-refractivity contribution is 5.85. The number of ether oxygens (including phenoxy) is 2. The number of rotatable bonds is 4. The van der Waals surface area contributed by atoms with Crippen molar-refractivity contribution in [1.29, 1.82) is 0 Å². The van der Waals surface area contributed by atoms with Crippen molar-refractivity contribution in [3.8, 4) is 5.75 Å². The number of benzene rings is 1. The van der Waals surface area contributed by atoms with Crippen LogP contribution in [0.25, 0.3) is 0 Å². The maximum atomic E-state index is 12.2. The summed E-state index contributed by atoms with van der Waals surface area (Å²) < 4.78 is 10.9. The zero-order valence-corrected chi connectivity index (χ0v) is 13.8. The van der Waals surface area contributed by atoms with E-state index < -0.39 is 0 Å². The van der Waals surface area contributed by atoms with Gasteiger partial charge in [-0.3, -0.25) is 10.2 Å². The standard InChI is InChI=1S/C18H26N2O3/c1-22-15-8-6-7-14(13-15)19-18(21)23-17-10-3-2-9-16(17)20-11-4-5-12-20/h6-8,13,16-17H,2-5,9-12H2,1H3,(H,19,21). The maximum Gasteiger partial charge on any atom is 0.411 e. The second kappa shape index (κ2) is 7.68. The molecule has 2 atom stereocenters. The summed E-state index contributed by atoms with van der Waals surface area (Å²) in [7, 11) is 1.61. The number of likely N-dealkylation sites (tertiary alicyclic amines) is 1. The lowest BCUT2D eigenvalue weighted by molar-refractivity contribution is 0.0176.